The molecule has 1 amide bonds. The summed E-state index contributed by atoms with van der Waals surface area (Å²) in [7, 11) is 0. The van der Waals surface area contributed by atoms with E-state index in [0.29, 0.717) is 10.7 Å². The van der Waals surface area contributed by atoms with Crippen LogP contribution in [0.3, 0.4) is 0 Å². The molecule has 3 fully saturated rings. The number of nitrogens with zero attached hydrogens (tertiary/aromatic N) is 1. The zero-order valence-electron chi connectivity index (χ0n) is 14.2. The molecule has 3 aliphatic rings. The van der Waals surface area contributed by atoms with Gasteiger partial charge >= 0.3 is 0 Å². The standard InChI is InChI=1S/C18H30BrN3O/c1-12(14-7-6-13-4-2-3-5-15(13)8-14)21-22-18(23)16-9-17(19)11-20-10-16/h13-17,20H,2-11H2,1H3,(H,22,23)/b21-12+. The first kappa shape index (κ1) is 17.4. The summed E-state index contributed by atoms with van der Waals surface area (Å²) < 4.78 is 0. The van der Waals surface area contributed by atoms with E-state index >= 15 is 0 Å². The van der Waals surface area contributed by atoms with E-state index in [1.54, 1.807) is 0 Å². The Balaban J connectivity index is 1.50. The van der Waals surface area contributed by atoms with E-state index in [4.69, 9.17) is 0 Å². The van der Waals surface area contributed by atoms with E-state index in [1.165, 1.54) is 44.9 Å². The molecule has 0 radical (unpaired) electrons. The highest BCUT2D eigenvalue weighted by Crippen LogP contribution is 2.42. The molecular formula is C18H30BrN3O. The molecule has 2 N–H and O–H groups in total. The largest absolute Gasteiger partial charge is 0.315 e. The van der Waals surface area contributed by atoms with E-state index < -0.39 is 0 Å². The number of amides is 1. The lowest BCUT2D eigenvalue weighted by Crippen LogP contribution is -2.43. The van der Waals surface area contributed by atoms with Gasteiger partial charge in [-0.15, -0.1) is 0 Å². The van der Waals surface area contributed by atoms with Crippen LogP contribution in [0.2, 0.25) is 0 Å². The predicted octanol–water partition coefficient (Wildman–Crippen LogP) is 3.46. The normalized spacial score (nSPS) is 38.7. The summed E-state index contributed by atoms with van der Waals surface area (Å²) in [4.78, 5) is 12.7. The van der Waals surface area contributed by atoms with Crippen molar-refractivity contribution in [1.82, 2.24) is 10.7 Å². The third-order valence-corrected chi connectivity index (χ3v) is 6.84. The molecule has 23 heavy (non-hydrogen) atoms. The molecule has 5 heteroatoms. The maximum absolute atomic E-state index is 12.3. The maximum atomic E-state index is 12.3. The van der Waals surface area contributed by atoms with Gasteiger partial charge in [-0.3, -0.25) is 4.79 Å². The van der Waals surface area contributed by atoms with Crippen LogP contribution in [0.5, 0.6) is 0 Å². The van der Waals surface area contributed by atoms with Gasteiger partial charge in [0.25, 0.3) is 0 Å². The molecule has 5 unspecified atom stereocenters. The first-order valence-electron chi connectivity index (χ1n) is 9.32. The summed E-state index contributed by atoms with van der Waals surface area (Å²) in [6.45, 7) is 3.80. The summed E-state index contributed by atoms with van der Waals surface area (Å²) in [5, 5.41) is 7.75. The van der Waals surface area contributed by atoms with Crippen molar-refractivity contribution in [3.05, 3.63) is 0 Å². The molecule has 1 aliphatic heterocycles. The molecule has 0 bridgehead atoms. The van der Waals surface area contributed by atoms with Gasteiger partial charge < -0.3 is 5.32 Å². The third kappa shape index (κ3) is 4.56. The summed E-state index contributed by atoms with van der Waals surface area (Å²) in [6, 6.07) is 0. The average Bonchev–Trinajstić information content (AvgIpc) is 2.59. The lowest BCUT2D eigenvalue weighted by atomic mass is 9.67. The SMILES string of the molecule is C/C(=N\NC(=O)C1CNCC(Br)C1)C1CCC2CCCCC2C1. The summed E-state index contributed by atoms with van der Waals surface area (Å²) in [5.74, 6) is 2.53. The van der Waals surface area contributed by atoms with E-state index in [2.05, 4.69) is 38.7 Å². The molecule has 0 aromatic carbocycles. The molecular weight excluding hydrogens is 354 g/mol. The van der Waals surface area contributed by atoms with Crippen molar-refractivity contribution in [2.24, 2.45) is 28.8 Å². The van der Waals surface area contributed by atoms with E-state index in [-0.39, 0.29) is 11.8 Å². The Labute approximate surface area is 148 Å². The number of hydrogen-bond acceptors (Lipinski definition) is 3. The van der Waals surface area contributed by atoms with Crippen LogP contribution in [0.1, 0.15) is 58.3 Å². The zero-order valence-corrected chi connectivity index (χ0v) is 15.8. The van der Waals surface area contributed by atoms with Crippen LogP contribution in [0.25, 0.3) is 0 Å². The lowest BCUT2D eigenvalue weighted by Gasteiger charge is -2.39. The quantitative estimate of drug-likeness (QED) is 0.445. The fraction of sp³-hybridized carbons (Fsp3) is 0.889. The first-order chi connectivity index (χ1) is 11.1. The van der Waals surface area contributed by atoms with Crippen LogP contribution in [0.4, 0.5) is 0 Å². The Morgan fingerprint density at radius 1 is 1.04 bits per heavy atom. The molecule has 130 valence electrons. The Morgan fingerprint density at radius 3 is 2.61 bits per heavy atom. The van der Waals surface area contributed by atoms with Gasteiger partial charge in [-0.25, -0.2) is 5.43 Å². The van der Waals surface area contributed by atoms with Crippen LogP contribution in [0.15, 0.2) is 5.10 Å². The van der Waals surface area contributed by atoms with Crippen LogP contribution in [0, 0.1) is 23.7 Å². The molecule has 2 aliphatic carbocycles. The van der Waals surface area contributed by atoms with Gasteiger partial charge in [-0.05, 0) is 50.4 Å². The number of nitrogens with one attached hydrogen (secondary N) is 2. The van der Waals surface area contributed by atoms with Crippen molar-refractivity contribution in [2.45, 2.75) is 63.1 Å². The lowest BCUT2D eigenvalue weighted by molar-refractivity contribution is -0.125. The molecule has 1 heterocycles. The number of hydrogen-bond donors (Lipinski definition) is 2. The molecule has 0 aromatic heterocycles. The number of rotatable bonds is 3. The molecule has 4 nitrogen and oxygen atoms in total. The Hall–Kier alpha value is -0.420. The smallest absolute Gasteiger partial charge is 0.244 e. The number of halogens is 1. The van der Waals surface area contributed by atoms with Crippen molar-refractivity contribution >= 4 is 27.5 Å². The number of carbonyl (C=O) groups is 1. The highest BCUT2D eigenvalue weighted by Gasteiger charge is 2.33. The summed E-state index contributed by atoms with van der Waals surface area (Å²) in [6.07, 6.45) is 10.5. The topological polar surface area (TPSA) is 53.5 Å². The minimum Gasteiger partial charge on any atom is -0.315 e. The second-order valence-electron chi connectivity index (χ2n) is 7.73. The Kier molecular flexibility index (Phi) is 6.13. The zero-order chi connectivity index (χ0) is 16.2. The van der Waals surface area contributed by atoms with Crippen molar-refractivity contribution < 1.29 is 4.79 Å². The van der Waals surface area contributed by atoms with Gasteiger partial charge in [0.05, 0.1) is 5.92 Å². The van der Waals surface area contributed by atoms with Crippen molar-refractivity contribution in [1.29, 1.82) is 0 Å². The molecule has 5 atom stereocenters. The number of hydrazone groups is 1. The predicted molar refractivity (Wildman–Crippen MR) is 97.7 cm³/mol. The monoisotopic (exact) mass is 383 g/mol. The van der Waals surface area contributed by atoms with Crippen molar-refractivity contribution in [2.75, 3.05) is 13.1 Å². The highest BCUT2D eigenvalue weighted by molar-refractivity contribution is 9.09. The molecule has 3 rings (SSSR count). The number of fused-ring (bicyclic) bond motifs is 1. The fourth-order valence-corrected chi connectivity index (χ4v) is 5.35. The molecule has 0 aromatic rings. The first-order valence-corrected chi connectivity index (χ1v) is 10.2. The van der Waals surface area contributed by atoms with Gasteiger partial charge in [-0.1, -0.05) is 41.6 Å². The second kappa shape index (κ2) is 8.11. The van der Waals surface area contributed by atoms with Crippen LogP contribution in [-0.2, 0) is 4.79 Å². The van der Waals surface area contributed by atoms with Crippen LogP contribution < -0.4 is 10.7 Å². The number of alkyl halides is 1. The highest BCUT2D eigenvalue weighted by atomic mass is 79.9. The van der Waals surface area contributed by atoms with Gasteiger partial charge in [-0.2, -0.15) is 5.10 Å². The fourth-order valence-electron chi connectivity index (χ4n) is 4.67. The van der Waals surface area contributed by atoms with Gasteiger partial charge in [0, 0.05) is 23.6 Å². The number of carbonyl (C=O) groups excluding carboxylic acids is 1. The summed E-state index contributed by atoms with van der Waals surface area (Å²) in [5.41, 5.74) is 3.96. The van der Waals surface area contributed by atoms with Crippen LogP contribution >= 0.6 is 15.9 Å². The van der Waals surface area contributed by atoms with E-state index in [1.807, 2.05) is 0 Å². The van der Waals surface area contributed by atoms with Gasteiger partial charge in [0.1, 0.15) is 0 Å². The maximum Gasteiger partial charge on any atom is 0.244 e. The average molecular weight is 384 g/mol. The Bertz CT molecular complexity index is 454. The van der Waals surface area contributed by atoms with Crippen molar-refractivity contribution in [3.8, 4) is 0 Å². The molecule has 2 saturated carbocycles. The molecule has 1 saturated heterocycles. The van der Waals surface area contributed by atoms with E-state index in [9.17, 15) is 4.79 Å². The second-order valence-corrected chi connectivity index (χ2v) is 9.03. The minimum atomic E-state index is 0.0266. The Morgan fingerprint density at radius 2 is 1.83 bits per heavy atom. The van der Waals surface area contributed by atoms with Gasteiger partial charge in [0.2, 0.25) is 5.91 Å². The summed E-state index contributed by atoms with van der Waals surface area (Å²) >= 11 is 3.59. The van der Waals surface area contributed by atoms with Crippen molar-refractivity contribution in [3.63, 3.8) is 0 Å². The van der Waals surface area contributed by atoms with E-state index in [0.717, 1.165) is 37.1 Å². The minimum absolute atomic E-state index is 0.0266. The van der Waals surface area contributed by atoms with Crippen LogP contribution in [-0.4, -0.2) is 29.5 Å². The molecule has 0 spiro atoms. The third-order valence-electron chi connectivity index (χ3n) is 6.14. The van der Waals surface area contributed by atoms with Gasteiger partial charge in [0.15, 0.2) is 0 Å². The number of piperidine rings is 1.